The van der Waals surface area contributed by atoms with Crippen molar-refractivity contribution in [3.63, 3.8) is 0 Å². The third kappa shape index (κ3) is 4.15. The Morgan fingerprint density at radius 1 is 1.43 bits per heavy atom. The molecule has 0 bridgehead atoms. The molecule has 5 nitrogen and oxygen atoms in total. The van der Waals surface area contributed by atoms with Gasteiger partial charge in [0.15, 0.2) is 5.69 Å². The predicted molar refractivity (Wildman–Crippen MR) is 88.5 cm³/mol. The van der Waals surface area contributed by atoms with E-state index in [1.807, 2.05) is 10.8 Å². The van der Waals surface area contributed by atoms with Crippen molar-refractivity contribution in [2.45, 2.75) is 32.4 Å². The highest BCUT2D eigenvalue weighted by atomic mass is 79.9. The van der Waals surface area contributed by atoms with Crippen LogP contribution in [0.4, 0.5) is 0 Å². The molecule has 2 rings (SSSR count). The number of aromatic nitrogens is 2. The normalized spacial score (nSPS) is 12.0. The fraction of sp³-hybridized carbons (Fsp3) is 0.429. The number of carboxylic acids is 1. The minimum atomic E-state index is -1.10. The summed E-state index contributed by atoms with van der Waals surface area (Å²) in [5.74, 6) is -1.03. The number of ether oxygens (including phenoxy) is 1. The quantitative estimate of drug-likeness (QED) is 0.620. The number of pyridine rings is 1. The second kappa shape index (κ2) is 6.29. The third-order valence-electron chi connectivity index (χ3n) is 3.12. The molecule has 2 aromatic rings. The maximum absolute atomic E-state index is 11.0. The van der Waals surface area contributed by atoms with Crippen molar-refractivity contribution >= 4 is 41.0 Å². The summed E-state index contributed by atoms with van der Waals surface area (Å²) in [7, 11) is -1.10. The molecule has 0 spiro atoms. The molecule has 2 aromatic heterocycles. The average molecular weight is 371 g/mol. The van der Waals surface area contributed by atoms with Gasteiger partial charge in [-0.2, -0.15) is 0 Å². The van der Waals surface area contributed by atoms with Gasteiger partial charge in [-0.05, 0) is 34.1 Å². The smallest absolute Gasteiger partial charge is 0.354 e. The first kappa shape index (κ1) is 16.2. The molecular formula is C14H19BrN2O3Si. The number of hydrogen-bond donors (Lipinski definition) is 1. The van der Waals surface area contributed by atoms with E-state index >= 15 is 0 Å². The number of fused-ring (bicyclic) bond motifs is 1. The fourth-order valence-corrected chi connectivity index (χ4v) is 3.19. The second-order valence-corrected chi connectivity index (χ2v) is 12.6. The van der Waals surface area contributed by atoms with Gasteiger partial charge < -0.3 is 14.4 Å². The van der Waals surface area contributed by atoms with E-state index in [0.717, 1.165) is 15.9 Å². The van der Waals surface area contributed by atoms with Crippen molar-refractivity contribution in [3.8, 4) is 0 Å². The SMILES string of the molecule is C[Si](C)(C)CCOCn1cc(Br)c2ccc(C(=O)O)nc21. The van der Waals surface area contributed by atoms with Crippen LogP contribution in [0.3, 0.4) is 0 Å². The summed E-state index contributed by atoms with van der Waals surface area (Å²) < 4.78 is 8.42. The van der Waals surface area contributed by atoms with Gasteiger partial charge in [0.1, 0.15) is 12.4 Å². The highest BCUT2D eigenvalue weighted by Crippen LogP contribution is 2.25. The van der Waals surface area contributed by atoms with Crippen molar-refractivity contribution in [2.24, 2.45) is 0 Å². The number of nitrogens with zero attached hydrogens (tertiary/aromatic N) is 2. The van der Waals surface area contributed by atoms with E-state index < -0.39 is 14.0 Å². The van der Waals surface area contributed by atoms with Gasteiger partial charge in [0.05, 0.1) is 0 Å². The zero-order valence-electron chi connectivity index (χ0n) is 12.4. The lowest BCUT2D eigenvalue weighted by Gasteiger charge is -2.15. The van der Waals surface area contributed by atoms with Gasteiger partial charge in [-0.15, -0.1) is 0 Å². The van der Waals surface area contributed by atoms with Crippen molar-refractivity contribution in [3.05, 3.63) is 28.5 Å². The number of aromatic carboxylic acids is 1. The van der Waals surface area contributed by atoms with Gasteiger partial charge in [-0.25, -0.2) is 9.78 Å². The Hall–Kier alpha value is -1.18. The van der Waals surface area contributed by atoms with Crippen LogP contribution in [0, 0.1) is 0 Å². The van der Waals surface area contributed by atoms with E-state index in [4.69, 9.17) is 9.84 Å². The molecule has 0 radical (unpaired) electrons. The summed E-state index contributed by atoms with van der Waals surface area (Å²) in [6, 6.07) is 4.36. The minimum Gasteiger partial charge on any atom is -0.477 e. The maximum Gasteiger partial charge on any atom is 0.354 e. The third-order valence-corrected chi connectivity index (χ3v) is 5.46. The highest BCUT2D eigenvalue weighted by Gasteiger charge is 2.14. The predicted octanol–water partition coefficient (Wildman–Crippen LogP) is 3.81. The van der Waals surface area contributed by atoms with E-state index in [1.54, 1.807) is 6.07 Å². The number of carbonyl (C=O) groups is 1. The van der Waals surface area contributed by atoms with E-state index in [0.29, 0.717) is 19.0 Å². The summed E-state index contributed by atoms with van der Waals surface area (Å²) in [4.78, 5) is 15.2. The van der Waals surface area contributed by atoms with Crippen molar-refractivity contribution in [2.75, 3.05) is 6.61 Å². The first-order chi connectivity index (χ1) is 9.78. The van der Waals surface area contributed by atoms with Crippen molar-refractivity contribution in [1.29, 1.82) is 0 Å². The van der Waals surface area contributed by atoms with Gasteiger partial charge in [0.25, 0.3) is 0 Å². The Bertz CT molecular complexity index is 664. The number of halogens is 1. The van der Waals surface area contributed by atoms with Crippen LogP contribution in [0.25, 0.3) is 11.0 Å². The zero-order chi connectivity index (χ0) is 15.6. The molecule has 1 N–H and O–H groups in total. The Kier molecular flexibility index (Phi) is 4.85. The molecule has 0 aliphatic heterocycles. The monoisotopic (exact) mass is 370 g/mol. The Morgan fingerprint density at radius 3 is 2.76 bits per heavy atom. The Morgan fingerprint density at radius 2 is 2.14 bits per heavy atom. The Labute approximate surface area is 133 Å². The summed E-state index contributed by atoms with van der Waals surface area (Å²) in [6.45, 7) is 8.00. The van der Waals surface area contributed by atoms with Gasteiger partial charge in [-0.1, -0.05) is 19.6 Å². The number of rotatable bonds is 6. The minimum absolute atomic E-state index is 0.0384. The molecule has 0 amide bonds. The van der Waals surface area contributed by atoms with Crippen LogP contribution in [-0.2, 0) is 11.5 Å². The number of carboxylic acid groups (broad SMARTS) is 1. The standard InChI is InChI=1S/C14H19BrN2O3Si/c1-21(2,3)7-6-20-9-17-8-11(15)10-4-5-12(14(18)19)16-13(10)17/h4-5,8H,6-7,9H2,1-3H3,(H,18,19). The molecule has 7 heteroatoms. The molecule has 0 atom stereocenters. The van der Waals surface area contributed by atoms with Crippen LogP contribution in [0.15, 0.2) is 22.8 Å². The molecule has 0 unspecified atom stereocenters. The first-order valence-corrected chi connectivity index (χ1v) is 11.2. The van der Waals surface area contributed by atoms with Crippen molar-refractivity contribution < 1.29 is 14.6 Å². The number of hydrogen-bond acceptors (Lipinski definition) is 3. The molecule has 0 saturated heterocycles. The van der Waals surface area contributed by atoms with Crippen LogP contribution in [0.5, 0.6) is 0 Å². The molecule has 0 saturated carbocycles. The van der Waals surface area contributed by atoms with E-state index in [1.165, 1.54) is 6.07 Å². The maximum atomic E-state index is 11.0. The molecule has 0 aliphatic rings. The van der Waals surface area contributed by atoms with Crippen LogP contribution in [-0.4, -0.2) is 35.3 Å². The van der Waals surface area contributed by atoms with E-state index in [2.05, 4.69) is 40.6 Å². The summed E-state index contributed by atoms with van der Waals surface area (Å²) in [5.41, 5.74) is 0.659. The highest BCUT2D eigenvalue weighted by molar-refractivity contribution is 9.10. The molecule has 0 aliphatic carbocycles. The topological polar surface area (TPSA) is 64.3 Å². The lowest BCUT2D eigenvalue weighted by molar-refractivity contribution is 0.0690. The van der Waals surface area contributed by atoms with Gasteiger partial charge >= 0.3 is 5.97 Å². The lowest BCUT2D eigenvalue weighted by atomic mass is 10.3. The van der Waals surface area contributed by atoms with Crippen LogP contribution >= 0.6 is 15.9 Å². The first-order valence-electron chi connectivity index (χ1n) is 6.74. The van der Waals surface area contributed by atoms with Crippen LogP contribution in [0.2, 0.25) is 25.7 Å². The van der Waals surface area contributed by atoms with Crippen molar-refractivity contribution in [1.82, 2.24) is 9.55 Å². The van der Waals surface area contributed by atoms with E-state index in [-0.39, 0.29) is 5.69 Å². The van der Waals surface area contributed by atoms with Gasteiger partial charge in [0.2, 0.25) is 0 Å². The summed E-state index contributed by atoms with van der Waals surface area (Å²) >= 11 is 3.46. The Balaban J connectivity index is 2.15. The molecular weight excluding hydrogens is 352 g/mol. The summed E-state index contributed by atoms with van der Waals surface area (Å²) in [5, 5.41) is 9.92. The van der Waals surface area contributed by atoms with E-state index in [9.17, 15) is 4.79 Å². The lowest BCUT2D eigenvalue weighted by Crippen LogP contribution is -2.22. The zero-order valence-corrected chi connectivity index (χ0v) is 15.0. The molecule has 21 heavy (non-hydrogen) atoms. The second-order valence-electron chi connectivity index (χ2n) is 6.17. The van der Waals surface area contributed by atoms with Gasteiger partial charge in [0, 0.05) is 30.7 Å². The van der Waals surface area contributed by atoms with Crippen LogP contribution < -0.4 is 0 Å². The summed E-state index contributed by atoms with van der Waals surface area (Å²) in [6.07, 6.45) is 1.87. The molecule has 2 heterocycles. The van der Waals surface area contributed by atoms with Crippen LogP contribution in [0.1, 0.15) is 10.5 Å². The molecule has 0 aromatic carbocycles. The average Bonchev–Trinajstić information content (AvgIpc) is 2.70. The molecule has 0 fully saturated rings. The van der Waals surface area contributed by atoms with Gasteiger partial charge in [-0.3, -0.25) is 0 Å². The fourth-order valence-electron chi connectivity index (χ4n) is 1.88. The molecule has 114 valence electrons. The largest absolute Gasteiger partial charge is 0.477 e.